The summed E-state index contributed by atoms with van der Waals surface area (Å²) in [7, 11) is 1.63. The normalized spacial score (nSPS) is 10.2. The lowest BCUT2D eigenvalue weighted by molar-refractivity contribution is -0.114. The van der Waals surface area contributed by atoms with Gasteiger partial charge in [-0.1, -0.05) is 12.0 Å². The molecule has 0 aliphatic carbocycles. The Bertz CT molecular complexity index is 555. The van der Waals surface area contributed by atoms with Crippen molar-refractivity contribution < 1.29 is 9.53 Å². The van der Waals surface area contributed by atoms with Crippen LogP contribution in [0.4, 0.5) is 5.69 Å². The third kappa shape index (κ3) is 9.05. The predicted molar refractivity (Wildman–Crippen MR) is 104 cm³/mol. The average molecular weight is 430 g/mol. The Morgan fingerprint density at radius 1 is 1.39 bits per heavy atom. The second-order valence-corrected chi connectivity index (χ2v) is 4.39. The number of benzene rings is 1. The lowest BCUT2D eigenvalue weighted by atomic mass is 10.2. The first-order valence-electron chi connectivity index (χ1n) is 7.07. The van der Waals surface area contributed by atoms with Crippen LogP contribution in [-0.2, 0) is 9.53 Å². The van der Waals surface area contributed by atoms with E-state index in [2.05, 4.69) is 26.9 Å². The fourth-order valence-electron chi connectivity index (χ4n) is 1.65. The quantitative estimate of drug-likeness (QED) is 0.201. The maximum absolute atomic E-state index is 11.9. The summed E-state index contributed by atoms with van der Waals surface area (Å²) in [6, 6.07) is 7.12. The summed E-state index contributed by atoms with van der Waals surface area (Å²) in [5, 5.41) is 8.88. The van der Waals surface area contributed by atoms with Gasteiger partial charge in [0.2, 0.25) is 5.91 Å². The first-order chi connectivity index (χ1) is 10.7. The van der Waals surface area contributed by atoms with Crippen LogP contribution in [0.2, 0.25) is 0 Å². The van der Waals surface area contributed by atoms with Crippen molar-refractivity contribution in [3.8, 4) is 12.3 Å². The van der Waals surface area contributed by atoms with Crippen molar-refractivity contribution in [3.05, 3.63) is 29.8 Å². The van der Waals surface area contributed by atoms with Crippen LogP contribution in [0.25, 0.3) is 0 Å². The number of aliphatic imine (C=N–C) groups is 1. The number of amides is 1. The third-order valence-electron chi connectivity index (χ3n) is 2.64. The smallest absolute Gasteiger partial charge is 0.246 e. The molecule has 1 aromatic carbocycles. The van der Waals surface area contributed by atoms with E-state index < -0.39 is 0 Å². The molecule has 126 valence electrons. The highest BCUT2D eigenvalue weighted by Crippen LogP contribution is 2.09. The molecular formula is C16H23IN4O2. The van der Waals surface area contributed by atoms with E-state index in [4.69, 9.17) is 11.2 Å². The molecule has 0 bridgehead atoms. The molecule has 0 aliphatic rings. The van der Waals surface area contributed by atoms with E-state index in [-0.39, 0.29) is 36.4 Å². The minimum atomic E-state index is -0.210. The van der Waals surface area contributed by atoms with Crippen molar-refractivity contribution in [3.63, 3.8) is 0 Å². The maximum Gasteiger partial charge on any atom is 0.246 e. The summed E-state index contributed by atoms with van der Waals surface area (Å²) in [6.07, 6.45) is 5.33. The van der Waals surface area contributed by atoms with Crippen LogP contribution >= 0.6 is 24.0 Å². The molecule has 23 heavy (non-hydrogen) atoms. The van der Waals surface area contributed by atoms with E-state index in [0.29, 0.717) is 31.3 Å². The third-order valence-corrected chi connectivity index (χ3v) is 2.64. The summed E-state index contributed by atoms with van der Waals surface area (Å²) in [5.41, 5.74) is 1.38. The lowest BCUT2D eigenvalue weighted by Gasteiger charge is -2.10. The number of hydrogen-bond donors (Lipinski definition) is 3. The number of guanidine groups is 1. The number of ether oxygens (including phenoxy) is 1. The fourth-order valence-corrected chi connectivity index (χ4v) is 1.65. The maximum atomic E-state index is 11.9. The van der Waals surface area contributed by atoms with E-state index in [0.717, 1.165) is 5.56 Å². The highest BCUT2D eigenvalue weighted by atomic mass is 127. The zero-order chi connectivity index (χ0) is 16.2. The fraction of sp³-hybridized carbons (Fsp3) is 0.375. The van der Waals surface area contributed by atoms with Gasteiger partial charge in [-0.05, 0) is 25.1 Å². The Balaban J connectivity index is 0.00000484. The van der Waals surface area contributed by atoms with E-state index >= 15 is 0 Å². The zero-order valence-electron chi connectivity index (χ0n) is 13.4. The van der Waals surface area contributed by atoms with Gasteiger partial charge in [0, 0.05) is 31.5 Å². The molecule has 1 aromatic rings. The molecule has 0 radical (unpaired) electrons. The van der Waals surface area contributed by atoms with Gasteiger partial charge < -0.3 is 20.7 Å². The van der Waals surface area contributed by atoms with Gasteiger partial charge in [-0.25, -0.2) is 4.99 Å². The van der Waals surface area contributed by atoms with Crippen molar-refractivity contribution >= 4 is 41.5 Å². The Morgan fingerprint density at radius 2 is 2.17 bits per heavy atom. The minimum Gasteiger partial charge on any atom is -0.383 e. The van der Waals surface area contributed by atoms with Gasteiger partial charge in [-0.2, -0.15) is 0 Å². The van der Waals surface area contributed by atoms with E-state index in [1.165, 1.54) is 0 Å². The molecule has 7 heteroatoms. The van der Waals surface area contributed by atoms with Crippen LogP contribution in [0.15, 0.2) is 29.3 Å². The van der Waals surface area contributed by atoms with Gasteiger partial charge in [0.1, 0.15) is 6.54 Å². The predicted octanol–water partition coefficient (Wildman–Crippen LogP) is 1.43. The van der Waals surface area contributed by atoms with Gasteiger partial charge in [0.05, 0.1) is 6.61 Å². The molecule has 0 atom stereocenters. The second kappa shape index (κ2) is 12.7. The number of carbonyl (C=O) groups excluding carboxylic acids is 1. The van der Waals surface area contributed by atoms with Crippen LogP contribution in [0, 0.1) is 12.3 Å². The lowest BCUT2D eigenvalue weighted by Crippen LogP contribution is -2.39. The highest BCUT2D eigenvalue weighted by Gasteiger charge is 2.03. The Morgan fingerprint density at radius 3 is 2.83 bits per heavy atom. The molecule has 0 aliphatic heterocycles. The van der Waals surface area contributed by atoms with Crippen LogP contribution in [-0.4, -0.2) is 45.2 Å². The topological polar surface area (TPSA) is 74.8 Å². The van der Waals surface area contributed by atoms with Gasteiger partial charge in [0.25, 0.3) is 0 Å². The molecule has 0 saturated carbocycles. The molecule has 0 spiro atoms. The SMILES string of the molecule is C#Cc1cccc(NC(=O)CN=C(NCC)NCCOC)c1.I. The van der Waals surface area contributed by atoms with E-state index in [1.54, 1.807) is 31.4 Å². The number of halogens is 1. The second-order valence-electron chi connectivity index (χ2n) is 4.39. The molecule has 3 N–H and O–H groups in total. The van der Waals surface area contributed by atoms with Crippen molar-refractivity contribution in [1.82, 2.24) is 10.6 Å². The first kappa shape index (κ1) is 21.2. The number of terminal acetylenes is 1. The highest BCUT2D eigenvalue weighted by molar-refractivity contribution is 14.0. The van der Waals surface area contributed by atoms with Crippen LogP contribution in [0.1, 0.15) is 12.5 Å². The van der Waals surface area contributed by atoms with Crippen molar-refractivity contribution in [1.29, 1.82) is 0 Å². The molecule has 6 nitrogen and oxygen atoms in total. The molecule has 0 unspecified atom stereocenters. The van der Waals surface area contributed by atoms with Crippen LogP contribution < -0.4 is 16.0 Å². The van der Waals surface area contributed by atoms with Gasteiger partial charge in [-0.15, -0.1) is 30.4 Å². The number of rotatable bonds is 7. The Labute approximate surface area is 154 Å². The Kier molecular flexibility index (Phi) is 11.7. The first-order valence-corrected chi connectivity index (χ1v) is 7.07. The summed E-state index contributed by atoms with van der Waals surface area (Å²) < 4.78 is 4.96. The molecule has 0 saturated heterocycles. The van der Waals surface area contributed by atoms with Gasteiger partial charge in [-0.3, -0.25) is 4.79 Å². The molecule has 0 fully saturated rings. The number of nitrogens with zero attached hydrogens (tertiary/aromatic N) is 1. The summed E-state index contributed by atoms with van der Waals surface area (Å²) in [5.74, 6) is 2.89. The van der Waals surface area contributed by atoms with Gasteiger partial charge in [0.15, 0.2) is 5.96 Å². The van der Waals surface area contributed by atoms with Crippen LogP contribution in [0.5, 0.6) is 0 Å². The largest absolute Gasteiger partial charge is 0.383 e. The minimum absolute atomic E-state index is 0. The summed E-state index contributed by atoms with van der Waals surface area (Å²) >= 11 is 0. The summed E-state index contributed by atoms with van der Waals surface area (Å²) in [6.45, 7) is 3.87. The van der Waals surface area contributed by atoms with Crippen molar-refractivity contribution in [2.24, 2.45) is 4.99 Å². The summed E-state index contributed by atoms with van der Waals surface area (Å²) in [4.78, 5) is 16.1. The standard InChI is InChI=1S/C16H22N4O2.HI/c1-4-13-7-6-8-14(11-13)20-15(21)12-19-16(17-5-2)18-9-10-22-3;/h1,6-8,11H,5,9-10,12H2,2-3H3,(H,20,21)(H2,17,18,19);1H. The zero-order valence-corrected chi connectivity index (χ0v) is 15.7. The van der Waals surface area contributed by atoms with Crippen molar-refractivity contribution in [2.45, 2.75) is 6.92 Å². The Hall–Kier alpha value is -1.79. The molecule has 1 amide bonds. The number of methoxy groups -OCH3 is 1. The average Bonchev–Trinajstić information content (AvgIpc) is 2.53. The molecular weight excluding hydrogens is 407 g/mol. The van der Waals surface area contributed by atoms with E-state index in [1.807, 2.05) is 6.92 Å². The monoisotopic (exact) mass is 430 g/mol. The van der Waals surface area contributed by atoms with E-state index in [9.17, 15) is 4.79 Å². The molecule has 0 heterocycles. The number of hydrogen-bond acceptors (Lipinski definition) is 3. The number of anilines is 1. The van der Waals surface area contributed by atoms with Gasteiger partial charge >= 0.3 is 0 Å². The van der Waals surface area contributed by atoms with Crippen molar-refractivity contribution in [2.75, 3.05) is 38.7 Å². The van der Waals surface area contributed by atoms with Crippen LogP contribution in [0.3, 0.4) is 0 Å². The molecule has 0 aromatic heterocycles. The molecule has 1 rings (SSSR count). The number of nitrogens with one attached hydrogen (secondary N) is 3. The number of carbonyl (C=O) groups is 1.